The van der Waals surface area contributed by atoms with Gasteiger partial charge in [0.15, 0.2) is 5.82 Å². The first-order valence-corrected chi connectivity index (χ1v) is 15.0. The second-order valence-corrected chi connectivity index (χ2v) is 12.4. The summed E-state index contributed by atoms with van der Waals surface area (Å²) in [7, 11) is 4.04. The largest absolute Gasteiger partial charge is 0.357 e. The summed E-state index contributed by atoms with van der Waals surface area (Å²) in [5.74, 6) is 2.29. The Morgan fingerprint density at radius 3 is 2.61 bits per heavy atom. The number of benzene rings is 2. The first-order chi connectivity index (χ1) is 21.1. The van der Waals surface area contributed by atoms with Crippen LogP contribution in [0, 0.1) is 35.3 Å². The van der Waals surface area contributed by atoms with E-state index in [1.54, 1.807) is 38.2 Å². The fraction of sp³-hybridized carbons (Fsp3) is 0.412. The van der Waals surface area contributed by atoms with Crippen LogP contribution in [0.4, 0.5) is 20.5 Å². The average Bonchev–Trinajstić information content (AvgIpc) is 3.54. The minimum absolute atomic E-state index is 0.00530. The van der Waals surface area contributed by atoms with Gasteiger partial charge in [0.1, 0.15) is 22.8 Å². The quantitative estimate of drug-likeness (QED) is 0.318. The molecule has 0 bridgehead atoms. The number of rotatable bonds is 6. The maximum atomic E-state index is 17.0. The normalized spacial score (nSPS) is 17.6. The summed E-state index contributed by atoms with van der Waals surface area (Å²) in [6, 6.07) is 9.02. The molecule has 2 saturated heterocycles. The van der Waals surface area contributed by atoms with E-state index in [1.165, 1.54) is 6.07 Å². The number of aromatic nitrogens is 3. The van der Waals surface area contributed by atoms with Crippen molar-refractivity contribution in [2.75, 3.05) is 63.2 Å². The lowest BCUT2D eigenvalue weighted by Crippen LogP contribution is -2.45. The Morgan fingerprint density at radius 1 is 1.16 bits per heavy atom. The monoisotopic (exact) mass is 594 g/mol. The summed E-state index contributed by atoms with van der Waals surface area (Å²) in [6.45, 7) is 8.37. The maximum absolute atomic E-state index is 17.0. The molecule has 1 atom stereocenters. The number of terminal acetylenes is 1. The zero-order chi connectivity index (χ0) is 31.2. The van der Waals surface area contributed by atoms with Gasteiger partial charge in [-0.2, -0.15) is 10.2 Å². The van der Waals surface area contributed by atoms with Crippen LogP contribution >= 0.6 is 0 Å². The number of nitrogens with one attached hydrogen (secondary N) is 1. The van der Waals surface area contributed by atoms with Crippen LogP contribution in [0.3, 0.4) is 0 Å². The van der Waals surface area contributed by atoms with Crippen molar-refractivity contribution >= 4 is 33.4 Å². The average molecular weight is 595 g/mol. The lowest BCUT2D eigenvalue weighted by molar-refractivity contribution is 0.311. The smallest absolute Gasteiger partial charge is 0.228 e. The highest BCUT2D eigenvalue weighted by Gasteiger charge is 2.28. The summed E-state index contributed by atoms with van der Waals surface area (Å²) in [5, 5.41) is 14.9. The Hall–Kier alpha value is -4.38. The van der Waals surface area contributed by atoms with Gasteiger partial charge in [-0.1, -0.05) is 12.0 Å². The van der Waals surface area contributed by atoms with Crippen molar-refractivity contribution in [3.05, 3.63) is 53.2 Å². The zero-order valence-electron chi connectivity index (χ0n) is 25.6. The number of nitrogens with zero attached hydrogens (tertiary/aromatic N) is 7. The molecule has 0 saturated carbocycles. The minimum Gasteiger partial charge on any atom is -0.357 e. The fourth-order valence-corrected chi connectivity index (χ4v) is 6.18. The molecule has 6 rings (SSSR count). The van der Waals surface area contributed by atoms with E-state index < -0.39 is 17.0 Å². The fourth-order valence-electron chi connectivity index (χ4n) is 6.18. The van der Waals surface area contributed by atoms with Crippen molar-refractivity contribution in [1.29, 1.82) is 5.26 Å². The molecule has 0 radical (unpaired) electrons. The molecule has 10 heteroatoms. The second-order valence-electron chi connectivity index (χ2n) is 12.4. The highest BCUT2D eigenvalue weighted by molar-refractivity contribution is 6.03. The summed E-state index contributed by atoms with van der Waals surface area (Å²) < 4.78 is 32.0. The predicted octanol–water partition coefficient (Wildman–Crippen LogP) is 4.85. The lowest BCUT2D eigenvalue weighted by Gasteiger charge is -2.33. The van der Waals surface area contributed by atoms with Crippen molar-refractivity contribution in [3.8, 4) is 29.7 Å². The van der Waals surface area contributed by atoms with Crippen molar-refractivity contribution in [1.82, 2.24) is 25.2 Å². The summed E-state index contributed by atoms with van der Waals surface area (Å²) in [6.07, 6.45) is 9.55. The van der Waals surface area contributed by atoms with E-state index >= 15 is 8.78 Å². The predicted molar refractivity (Wildman–Crippen MR) is 171 cm³/mol. The third-order valence-corrected chi connectivity index (χ3v) is 8.92. The molecule has 2 aromatic carbocycles. The van der Waals surface area contributed by atoms with Gasteiger partial charge in [0.05, 0.1) is 22.4 Å². The van der Waals surface area contributed by atoms with Gasteiger partial charge < -0.3 is 20.0 Å². The molecule has 4 aromatic rings. The molecule has 2 aliphatic heterocycles. The number of likely N-dealkylation sites (N-methyl/N-ethyl adjacent to an activating group) is 2. The SMILES string of the molecule is C#Cc1c(F)ccc2cc(C(C)(C)C#N)cc(-c3ncc4c(N(C)C[C@@H]5CCCN5)nc(N5CCN(C)CC5)nc4c3F)c12. The highest BCUT2D eigenvalue weighted by Crippen LogP contribution is 2.39. The van der Waals surface area contributed by atoms with Crippen LogP contribution in [0.1, 0.15) is 37.8 Å². The van der Waals surface area contributed by atoms with E-state index in [9.17, 15) is 5.26 Å². The third kappa shape index (κ3) is 5.29. The molecule has 0 amide bonds. The number of hydrogen-bond donors (Lipinski definition) is 1. The molecule has 2 aliphatic rings. The first-order valence-electron chi connectivity index (χ1n) is 15.0. The summed E-state index contributed by atoms with van der Waals surface area (Å²) in [5.41, 5.74) is 0.208. The van der Waals surface area contributed by atoms with E-state index in [-0.39, 0.29) is 16.8 Å². The van der Waals surface area contributed by atoms with E-state index in [4.69, 9.17) is 16.4 Å². The highest BCUT2D eigenvalue weighted by atomic mass is 19.1. The standard InChI is InChI=1S/C34H36F2N8/c1-6-24-27(35)10-9-21-16-22(34(2,3)20-37)17-25(28(21)24)30-29(36)31-26(18-39-30)32(43(5)19-23-8-7-11-38-23)41-33(40-31)44-14-12-42(4)13-15-44/h1,9-10,16-18,23,38H,7-8,11-15,19H2,2-5H3/t23-/m0/s1. The molecule has 2 fully saturated rings. The van der Waals surface area contributed by atoms with E-state index in [0.29, 0.717) is 51.6 Å². The van der Waals surface area contributed by atoms with Crippen molar-refractivity contribution < 1.29 is 8.78 Å². The Balaban J connectivity index is 1.59. The van der Waals surface area contributed by atoms with Gasteiger partial charge in [-0.05, 0) is 69.4 Å². The second kappa shape index (κ2) is 11.6. The molecular formula is C34H36F2N8. The molecule has 2 aromatic heterocycles. The molecule has 0 aliphatic carbocycles. The topological polar surface area (TPSA) is 84.2 Å². The van der Waals surface area contributed by atoms with Crippen LogP contribution in [0.2, 0.25) is 0 Å². The molecule has 0 unspecified atom stereocenters. The maximum Gasteiger partial charge on any atom is 0.228 e. The molecular weight excluding hydrogens is 558 g/mol. The van der Waals surface area contributed by atoms with Gasteiger partial charge in [-0.3, -0.25) is 4.98 Å². The van der Waals surface area contributed by atoms with Gasteiger partial charge in [-0.15, -0.1) is 6.42 Å². The van der Waals surface area contributed by atoms with Gasteiger partial charge in [0, 0.05) is 63.0 Å². The number of pyridine rings is 1. The Bertz CT molecular complexity index is 1830. The summed E-state index contributed by atoms with van der Waals surface area (Å²) in [4.78, 5) is 20.7. The number of halogens is 2. The van der Waals surface area contributed by atoms with E-state index in [2.05, 4.69) is 39.1 Å². The van der Waals surface area contributed by atoms with Crippen LogP contribution in [0.25, 0.3) is 32.9 Å². The molecule has 0 spiro atoms. The van der Waals surface area contributed by atoms with Crippen LogP contribution < -0.4 is 15.1 Å². The van der Waals surface area contributed by atoms with Crippen molar-refractivity contribution in [2.45, 2.75) is 38.1 Å². The zero-order valence-corrected chi connectivity index (χ0v) is 25.6. The number of anilines is 2. The molecule has 226 valence electrons. The van der Waals surface area contributed by atoms with Crippen LogP contribution in [-0.4, -0.2) is 79.3 Å². The van der Waals surface area contributed by atoms with Crippen molar-refractivity contribution in [2.24, 2.45) is 0 Å². The van der Waals surface area contributed by atoms with Crippen molar-refractivity contribution in [3.63, 3.8) is 0 Å². The minimum atomic E-state index is -0.901. The first kappa shape index (κ1) is 29.7. The van der Waals surface area contributed by atoms with Gasteiger partial charge in [-0.25, -0.2) is 13.8 Å². The number of fused-ring (bicyclic) bond motifs is 2. The number of piperazine rings is 1. The number of nitriles is 1. The van der Waals surface area contributed by atoms with Gasteiger partial charge in [0.2, 0.25) is 5.95 Å². The summed E-state index contributed by atoms with van der Waals surface area (Å²) >= 11 is 0. The molecule has 8 nitrogen and oxygen atoms in total. The lowest BCUT2D eigenvalue weighted by atomic mass is 9.82. The molecule has 1 N–H and O–H groups in total. The van der Waals surface area contributed by atoms with E-state index in [0.717, 1.165) is 45.6 Å². The van der Waals surface area contributed by atoms with Crippen LogP contribution in [0.5, 0.6) is 0 Å². The van der Waals surface area contributed by atoms with Gasteiger partial charge in [0.25, 0.3) is 0 Å². The van der Waals surface area contributed by atoms with Crippen LogP contribution in [0.15, 0.2) is 30.5 Å². The van der Waals surface area contributed by atoms with Gasteiger partial charge >= 0.3 is 0 Å². The Kier molecular flexibility index (Phi) is 7.83. The van der Waals surface area contributed by atoms with Crippen LogP contribution in [-0.2, 0) is 5.41 Å². The Labute approximate surface area is 256 Å². The number of hydrogen-bond acceptors (Lipinski definition) is 8. The Morgan fingerprint density at radius 2 is 1.93 bits per heavy atom. The third-order valence-electron chi connectivity index (χ3n) is 8.92. The molecule has 4 heterocycles. The van der Waals surface area contributed by atoms with E-state index in [1.807, 2.05) is 11.9 Å². The molecule has 44 heavy (non-hydrogen) atoms.